The Morgan fingerprint density at radius 2 is 1.55 bits per heavy atom. The van der Waals surface area contributed by atoms with Gasteiger partial charge in [0.15, 0.2) is 11.5 Å². The zero-order valence-electron chi connectivity index (χ0n) is 12.5. The molecular formula is C16H16ClNO4. The third kappa shape index (κ3) is 3.26. The minimum atomic E-state index is -0.356. The number of para-hydroxylation sites is 1. The molecule has 0 heterocycles. The molecule has 0 aliphatic carbocycles. The van der Waals surface area contributed by atoms with E-state index in [1.54, 1.807) is 36.4 Å². The number of carbonyl (C=O) groups is 1. The number of hydrogen-bond donors (Lipinski definition) is 1. The summed E-state index contributed by atoms with van der Waals surface area (Å²) >= 11 is 6.05. The molecule has 116 valence electrons. The number of amides is 1. The maximum Gasteiger partial charge on any atom is 0.259 e. The van der Waals surface area contributed by atoms with Gasteiger partial charge in [-0.2, -0.15) is 0 Å². The summed E-state index contributed by atoms with van der Waals surface area (Å²) in [4.78, 5) is 12.5. The fraction of sp³-hybridized carbons (Fsp3) is 0.188. The molecule has 1 N–H and O–H groups in total. The standard InChI is InChI=1S/C16H16ClNO4/c1-20-13-9-15(22-3)14(21-2)8-10(13)16(19)18-12-7-5-4-6-11(12)17/h4-9H,1-3H3,(H,18,19). The lowest BCUT2D eigenvalue weighted by atomic mass is 10.1. The highest BCUT2D eigenvalue weighted by atomic mass is 35.5. The van der Waals surface area contributed by atoms with Crippen LogP contribution in [-0.4, -0.2) is 27.2 Å². The van der Waals surface area contributed by atoms with Gasteiger partial charge in [-0.05, 0) is 12.1 Å². The number of nitrogens with one attached hydrogen (secondary N) is 1. The quantitative estimate of drug-likeness (QED) is 0.914. The van der Waals surface area contributed by atoms with Crippen molar-refractivity contribution in [1.29, 1.82) is 0 Å². The minimum Gasteiger partial charge on any atom is -0.496 e. The Bertz CT molecular complexity index is 688. The smallest absolute Gasteiger partial charge is 0.259 e. The third-order valence-electron chi connectivity index (χ3n) is 3.07. The second-order valence-corrected chi connectivity index (χ2v) is 4.75. The molecule has 22 heavy (non-hydrogen) atoms. The van der Waals surface area contributed by atoms with Crippen LogP contribution in [0, 0.1) is 0 Å². The Labute approximate surface area is 133 Å². The first-order valence-electron chi connectivity index (χ1n) is 6.46. The molecule has 0 bridgehead atoms. The fourth-order valence-corrected chi connectivity index (χ4v) is 2.14. The maximum absolute atomic E-state index is 12.5. The summed E-state index contributed by atoms with van der Waals surface area (Å²) in [6, 6.07) is 10.1. The van der Waals surface area contributed by atoms with E-state index in [0.29, 0.717) is 33.5 Å². The van der Waals surface area contributed by atoms with Gasteiger partial charge in [0, 0.05) is 12.1 Å². The Morgan fingerprint density at radius 3 is 2.14 bits per heavy atom. The van der Waals surface area contributed by atoms with Gasteiger partial charge in [-0.15, -0.1) is 0 Å². The van der Waals surface area contributed by atoms with E-state index in [-0.39, 0.29) is 5.91 Å². The van der Waals surface area contributed by atoms with Crippen LogP contribution in [-0.2, 0) is 0 Å². The Hall–Kier alpha value is -2.40. The first kappa shape index (κ1) is 16.0. The highest BCUT2D eigenvalue weighted by molar-refractivity contribution is 6.33. The lowest BCUT2D eigenvalue weighted by Crippen LogP contribution is -2.14. The molecule has 0 unspecified atom stereocenters. The van der Waals surface area contributed by atoms with Gasteiger partial charge in [0.25, 0.3) is 5.91 Å². The van der Waals surface area contributed by atoms with E-state index in [9.17, 15) is 4.79 Å². The molecule has 6 heteroatoms. The second kappa shape index (κ2) is 7.04. The molecule has 0 spiro atoms. The number of carbonyl (C=O) groups excluding carboxylic acids is 1. The lowest BCUT2D eigenvalue weighted by Gasteiger charge is -2.14. The number of methoxy groups -OCH3 is 3. The van der Waals surface area contributed by atoms with E-state index in [1.807, 2.05) is 0 Å². The van der Waals surface area contributed by atoms with Crippen LogP contribution >= 0.6 is 11.6 Å². The summed E-state index contributed by atoms with van der Waals surface area (Å²) in [5.74, 6) is 0.939. The minimum absolute atomic E-state index is 0.320. The molecule has 2 aromatic carbocycles. The molecular weight excluding hydrogens is 306 g/mol. The average molecular weight is 322 g/mol. The summed E-state index contributed by atoms with van der Waals surface area (Å²) in [7, 11) is 4.49. The van der Waals surface area contributed by atoms with E-state index in [0.717, 1.165) is 0 Å². The van der Waals surface area contributed by atoms with Crippen LogP contribution in [0.2, 0.25) is 5.02 Å². The molecule has 0 aromatic heterocycles. The van der Waals surface area contributed by atoms with Crippen molar-refractivity contribution >= 4 is 23.2 Å². The first-order chi connectivity index (χ1) is 10.6. The van der Waals surface area contributed by atoms with E-state index in [1.165, 1.54) is 21.3 Å². The molecule has 0 aliphatic heterocycles. The van der Waals surface area contributed by atoms with Crippen LogP contribution in [0.15, 0.2) is 36.4 Å². The normalized spacial score (nSPS) is 10.0. The largest absolute Gasteiger partial charge is 0.496 e. The Morgan fingerprint density at radius 1 is 0.955 bits per heavy atom. The zero-order chi connectivity index (χ0) is 16.1. The van der Waals surface area contributed by atoms with Gasteiger partial charge in [-0.25, -0.2) is 0 Å². The van der Waals surface area contributed by atoms with E-state index in [2.05, 4.69) is 5.32 Å². The molecule has 1 amide bonds. The van der Waals surface area contributed by atoms with Crippen LogP contribution < -0.4 is 19.5 Å². The van der Waals surface area contributed by atoms with Crippen LogP contribution in [0.3, 0.4) is 0 Å². The lowest BCUT2D eigenvalue weighted by molar-refractivity contribution is 0.102. The van der Waals surface area contributed by atoms with Crippen LogP contribution in [0.4, 0.5) is 5.69 Å². The van der Waals surface area contributed by atoms with Gasteiger partial charge in [0.1, 0.15) is 5.75 Å². The number of halogens is 1. The van der Waals surface area contributed by atoms with Gasteiger partial charge >= 0.3 is 0 Å². The molecule has 5 nitrogen and oxygen atoms in total. The molecule has 0 radical (unpaired) electrons. The third-order valence-corrected chi connectivity index (χ3v) is 3.40. The van der Waals surface area contributed by atoms with Crippen molar-refractivity contribution in [3.63, 3.8) is 0 Å². The number of benzene rings is 2. The van der Waals surface area contributed by atoms with Gasteiger partial charge in [0.05, 0.1) is 37.6 Å². The van der Waals surface area contributed by atoms with Gasteiger partial charge < -0.3 is 19.5 Å². The highest BCUT2D eigenvalue weighted by Gasteiger charge is 2.18. The number of ether oxygens (including phenoxy) is 3. The van der Waals surface area contributed by atoms with Crippen molar-refractivity contribution in [2.45, 2.75) is 0 Å². The van der Waals surface area contributed by atoms with Crippen molar-refractivity contribution in [3.8, 4) is 17.2 Å². The predicted octanol–water partition coefficient (Wildman–Crippen LogP) is 3.62. The molecule has 0 fully saturated rings. The Balaban J connectivity index is 2.38. The number of hydrogen-bond acceptors (Lipinski definition) is 4. The Kier molecular flexibility index (Phi) is 5.12. The van der Waals surface area contributed by atoms with Gasteiger partial charge in [-0.1, -0.05) is 23.7 Å². The summed E-state index contributed by atoms with van der Waals surface area (Å²) in [5, 5.41) is 3.20. The average Bonchev–Trinajstić information content (AvgIpc) is 2.55. The molecule has 2 rings (SSSR count). The highest BCUT2D eigenvalue weighted by Crippen LogP contribution is 2.35. The zero-order valence-corrected chi connectivity index (χ0v) is 13.2. The molecule has 0 atom stereocenters. The van der Waals surface area contributed by atoms with Crippen molar-refractivity contribution in [3.05, 3.63) is 47.0 Å². The molecule has 0 saturated heterocycles. The van der Waals surface area contributed by atoms with Gasteiger partial charge in [-0.3, -0.25) is 4.79 Å². The van der Waals surface area contributed by atoms with Crippen LogP contribution in [0.1, 0.15) is 10.4 Å². The summed E-state index contributed by atoms with van der Waals surface area (Å²) in [6.45, 7) is 0. The van der Waals surface area contributed by atoms with Crippen molar-refractivity contribution < 1.29 is 19.0 Å². The van der Waals surface area contributed by atoms with E-state index in [4.69, 9.17) is 25.8 Å². The fourth-order valence-electron chi connectivity index (χ4n) is 1.96. The van der Waals surface area contributed by atoms with Crippen molar-refractivity contribution in [2.75, 3.05) is 26.6 Å². The van der Waals surface area contributed by atoms with Crippen LogP contribution in [0.25, 0.3) is 0 Å². The summed E-state index contributed by atoms with van der Waals surface area (Å²) < 4.78 is 15.7. The first-order valence-corrected chi connectivity index (χ1v) is 6.84. The van der Waals surface area contributed by atoms with Crippen LogP contribution in [0.5, 0.6) is 17.2 Å². The SMILES string of the molecule is COc1cc(OC)c(C(=O)Nc2ccccc2Cl)cc1OC. The molecule has 0 aliphatic rings. The molecule has 2 aromatic rings. The number of anilines is 1. The van der Waals surface area contributed by atoms with Gasteiger partial charge in [0.2, 0.25) is 0 Å². The van der Waals surface area contributed by atoms with Crippen molar-refractivity contribution in [1.82, 2.24) is 0 Å². The van der Waals surface area contributed by atoms with E-state index < -0.39 is 0 Å². The second-order valence-electron chi connectivity index (χ2n) is 4.34. The predicted molar refractivity (Wildman–Crippen MR) is 85.5 cm³/mol. The monoisotopic (exact) mass is 321 g/mol. The molecule has 0 saturated carbocycles. The number of rotatable bonds is 5. The summed E-state index contributed by atoms with van der Waals surface area (Å²) in [5.41, 5.74) is 0.839. The summed E-state index contributed by atoms with van der Waals surface area (Å²) in [6.07, 6.45) is 0. The maximum atomic E-state index is 12.5. The van der Waals surface area contributed by atoms with Crippen molar-refractivity contribution in [2.24, 2.45) is 0 Å². The topological polar surface area (TPSA) is 56.8 Å². The van der Waals surface area contributed by atoms with E-state index >= 15 is 0 Å².